The number of nitrogens with one attached hydrogen (secondary N) is 1. The van der Waals surface area contributed by atoms with Crippen LogP contribution in [0.25, 0.3) is 0 Å². The van der Waals surface area contributed by atoms with Crippen molar-refractivity contribution >= 4 is 13.7 Å². The van der Waals surface area contributed by atoms with E-state index in [9.17, 15) is 19.4 Å². The van der Waals surface area contributed by atoms with Gasteiger partial charge in [0.15, 0.2) is 0 Å². The van der Waals surface area contributed by atoms with E-state index in [-0.39, 0.29) is 19.1 Å². The number of allylic oxidation sites excluding steroid dienone is 7. The largest absolute Gasteiger partial charge is 0.472 e. The van der Waals surface area contributed by atoms with Crippen LogP contribution in [0.5, 0.6) is 0 Å². The molecule has 0 saturated heterocycles. The minimum Gasteiger partial charge on any atom is -0.387 e. The summed E-state index contributed by atoms with van der Waals surface area (Å²) in [6.45, 7) is 4.85. The number of hydrogen-bond acceptors (Lipinski definition) is 5. The molecule has 550 valence electrons. The van der Waals surface area contributed by atoms with Crippen molar-refractivity contribution in [3.63, 3.8) is 0 Å². The van der Waals surface area contributed by atoms with Crippen LogP contribution in [-0.4, -0.2) is 73.4 Å². The monoisotopic (exact) mass is 1330 g/mol. The molecule has 0 aromatic rings. The topological polar surface area (TPSA) is 105 Å². The van der Waals surface area contributed by atoms with Crippen molar-refractivity contribution in [2.75, 3.05) is 40.9 Å². The number of carbonyl (C=O) groups is 1. The molecular weight excluding hydrogens is 1160 g/mol. The highest BCUT2D eigenvalue weighted by Gasteiger charge is 2.28. The fourth-order valence-electron chi connectivity index (χ4n) is 12.8. The third-order valence-corrected chi connectivity index (χ3v) is 20.2. The van der Waals surface area contributed by atoms with Crippen LogP contribution >= 0.6 is 7.82 Å². The van der Waals surface area contributed by atoms with Crippen LogP contribution in [0.3, 0.4) is 0 Å². The van der Waals surface area contributed by atoms with Gasteiger partial charge in [-0.05, 0) is 70.6 Å². The third-order valence-electron chi connectivity index (χ3n) is 19.2. The van der Waals surface area contributed by atoms with E-state index in [1.807, 2.05) is 27.2 Å². The summed E-state index contributed by atoms with van der Waals surface area (Å²) in [5, 5.41) is 14.0. The number of aliphatic hydroxyl groups excluding tert-OH is 1. The van der Waals surface area contributed by atoms with Crippen molar-refractivity contribution in [2.45, 2.75) is 443 Å². The molecule has 1 amide bonds. The lowest BCUT2D eigenvalue weighted by Gasteiger charge is -2.25. The number of aliphatic hydroxyl groups is 1. The van der Waals surface area contributed by atoms with E-state index in [2.05, 4.69) is 55.6 Å². The lowest BCUT2D eigenvalue weighted by Crippen LogP contribution is -2.45. The summed E-state index contributed by atoms with van der Waals surface area (Å²) in [5.74, 6) is -0.182. The van der Waals surface area contributed by atoms with E-state index in [1.54, 1.807) is 6.08 Å². The minimum absolute atomic E-state index is 0.0550. The maximum Gasteiger partial charge on any atom is 0.472 e. The van der Waals surface area contributed by atoms with E-state index in [4.69, 9.17) is 9.05 Å². The fourth-order valence-corrected chi connectivity index (χ4v) is 13.6. The smallest absolute Gasteiger partial charge is 0.387 e. The first kappa shape index (κ1) is 91.5. The van der Waals surface area contributed by atoms with E-state index in [1.165, 1.54) is 366 Å². The molecule has 0 rings (SSSR count). The summed E-state index contributed by atoms with van der Waals surface area (Å²) in [6, 6.07) is -0.871. The van der Waals surface area contributed by atoms with Gasteiger partial charge in [-0.1, -0.05) is 403 Å². The normalized spacial score (nSPS) is 13.7. The van der Waals surface area contributed by atoms with Crippen LogP contribution in [0.4, 0.5) is 0 Å². The molecular formula is C84H164N2O6P+. The molecule has 0 aromatic carbocycles. The summed E-state index contributed by atoms with van der Waals surface area (Å²) < 4.78 is 23.9. The van der Waals surface area contributed by atoms with Gasteiger partial charge < -0.3 is 19.8 Å². The molecule has 9 heteroatoms. The van der Waals surface area contributed by atoms with Crippen molar-refractivity contribution in [3.05, 3.63) is 48.6 Å². The number of phosphoric ester groups is 1. The molecule has 93 heavy (non-hydrogen) atoms. The highest BCUT2D eigenvalue weighted by Crippen LogP contribution is 2.43. The Balaban J connectivity index is 3.94. The average molecular weight is 1330 g/mol. The molecule has 8 nitrogen and oxygen atoms in total. The number of rotatable bonds is 78. The van der Waals surface area contributed by atoms with E-state index < -0.39 is 20.0 Å². The van der Waals surface area contributed by atoms with Crippen LogP contribution in [0.2, 0.25) is 0 Å². The Kier molecular flexibility index (Phi) is 73.4. The molecule has 0 saturated carbocycles. The zero-order chi connectivity index (χ0) is 67.6. The van der Waals surface area contributed by atoms with Crippen LogP contribution in [-0.2, 0) is 18.4 Å². The summed E-state index contributed by atoms with van der Waals surface area (Å²) in [7, 11) is 1.56. The second kappa shape index (κ2) is 74.7. The number of carbonyl (C=O) groups excluding carboxylic acids is 1. The van der Waals surface area contributed by atoms with Gasteiger partial charge in [0, 0.05) is 6.42 Å². The first-order valence-electron chi connectivity index (χ1n) is 41.5. The molecule has 0 fully saturated rings. The van der Waals surface area contributed by atoms with Crippen LogP contribution in [0.15, 0.2) is 48.6 Å². The molecule has 0 bridgehead atoms. The predicted octanol–water partition coefficient (Wildman–Crippen LogP) is 27.3. The number of likely N-dealkylation sites (N-methyl/N-ethyl adjacent to an activating group) is 1. The van der Waals surface area contributed by atoms with Crippen molar-refractivity contribution in [1.29, 1.82) is 0 Å². The maximum absolute atomic E-state index is 13.1. The zero-order valence-electron chi connectivity index (χ0n) is 63.3. The summed E-state index contributed by atoms with van der Waals surface area (Å²) in [4.78, 5) is 23.5. The summed E-state index contributed by atoms with van der Waals surface area (Å²) >= 11 is 0. The van der Waals surface area contributed by atoms with Gasteiger partial charge in [0.05, 0.1) is 39.9 Å². The number of unbranched alkanes of at least 4 members (excludes halogenated alkanes) is 59. The quantitative estimate of drug-likeness (QED) is 0.0243. The van der Waals surface area contributed by atoms with Gasteiger partial charge >= 0.3 is 7.82 Å². The maximum atomic E-state index is 13.1. The molecule has 0 aromatic heterocycles. The number of nitrogens with zero attached hydrogens (tertiary/aromatic N) is 1. The first-order chi connectivity index (χ1) is 45.5. The van der Waals surface area contributed by atoms with E-state index >= 15 is 0 Å². The molecule has 0 heterocycles. The molecule has 3 atom stereocenters. The van der Waals surface area contributed by atoms with Crippen LogP contribution in [0, 0.1) is 0 Å². The van der Waals surface area contributed by atoms with E-state index in [0.717, 1.165) is 44.9 Å². The minimum atomic E-state index is -4.37. The average Bonchev–Trinajstić information content (AvgIpc) is 2.75. The standard InChI is InChI=1S/C84H163N2O6P/c1-6-8-10-12-14-16-18-20-22-24-26-28-30-32-34-36-38-39-40-41-42-43-44-45-46-47-48-50-52-54-56-58-60-62-64-66-68-70-72-74-76-78-84(88)85-82(81-92-93(89,90)91-80-79-86(3,4)5)83(87)77-75-73-71-69-67-65-63-61-59-57-55-53-51-49-37-35-33-31-29-27-25-23-21-19-17-15-13-11-9-7-2/h24,26,59,61,67,69,75,77,82-83,87H,6-23,25,27-58,60,62-66,68,70-74,76,78-81H2,1-5H3,(H-,85,88,89,90)/p+1/b26-24-,61-59+,69-67+,77-75+. The van der Waals surface area contributed by atoms with Crippen molar-refractivity contribution in [2.24, 2.45) is 0 Å². The second-order valence-corrected chi connectivity index (χ2v) is 31.3. The van der Waals surface area contributed by atoms with Gasteiger partial charge in [0.25, 0.3) is 0 Å². The number of phosphoric acid groups is 1. The number of quaternary nitrogens is 1. The van der Waals surface area contributed by atoms with Crippen molar-refractivity contribution in [1.82, 2.24) is 5.32 Å². The zero-order valence-corrected chi connectivity index (χ0v) is 64.2. The Morgan fingerprint density at radius 3 is 0.860 bits per heavy atom. The summed E-state index contributed by atoms with van der Waals surface area (Å²) in [6.07, 6.45) is 103. The Labute approximate surface area is 581 Å². The lowest BCUT2D eigenvalue weighted by atomic mass is 10.0. The highest BCUT2D eigenvalue weighted by molar-refractivity contribution is 7.47. The third kappa shape index (κ3) is 77.7. The second-order valence-electron chi connectivity index (χ2n) is 29.8. The molecule has 0 aliphatic rings. The van der Waals surface area contributed by atoms with Gasteiger partial charge in [-0.3, -0.25) is 13.8 Å². The molecule has 3 unspecified atom stereocenters. The van der Waals surface area contributed by atoms with Gasteiger partial charge in [0.1, 0.15) is 13.2 Å². The Hall–Kier alpha value is -1.54. The predicted molar refractivity (Wildman–Crippen MR) is 411 cm³/mol. The van der Waals surface area contributed by atoms with Crippen LogP contribution in [0.1, 0.15) is 431 Å². The lowest BCUT2D eigenvalue weighted by molar-refractivity contribution is -0.870. The number of hydrogen-bond donors (Lipinski definition) is 3. The highest BCUT2D eigenvalue weighted by atomic mass is 31.2. The Morgan fingerprint density at radius 2 is 0.591 bits per heavy atom. The number of amides is 1. The Morgan fingerprint density at radius 1 is 0.355 bits per heavy atom. The van der Waals surface area contributed by atoms with Gasteiger partial charge in [0.2, 0.25) is 5.91 Å². The first-order valence-corrected chi connectivity index (χ1v) is 43.0. The molecule has 0 radical (unpaired) electrons. The van der Waals surface area contributed by atoms with Gasteiger partial charge in [-0.25, -0.2) is 4.57 Å². The van der Waals surface area contributed by atoms with Gasteiger partial charge in [-0.2, -0.15) is 0 Å². The Bertz CT molecular complexity index is 1660. The van der Waals surface area contributed by atoms with Crippen molar-refractivity contribution in [3.8, 4) is 0 Å². The molecule has 0 spiro atoms. The van der Waals surface area contributed by atoms with E-state index in [0.29, 0.717) is 17.4 Å². The van der Waals surface area contributed by atoms with Crippen LogP contribution < -0.4 is 5.32 Å². The summed E-state index contributed by atoms with van der Waals surface area (Å²) in [5.41, 5.74) is 0. The molecule has 3 N–H and O–H groups in total. The van der Waals surface area contributed by atoms with Crippen molar-refractivity contribution < 1.29 is 32.9 Å². The fraction of sp³-hybridized carbons (Fsp3) is 0.893. The molecule has 0 aliphatic carbocycles. The van der Waals surface area contributed by atoms with Gasteiger partial charge in [-0.15, -0.1) is 0 Å². The SMILES string of the molecule is CCCCCCCCCC/C=C\CCCCCCCCCCCCCCCCCCCCCCCCCCCCCCCC(=O)NC(COP(=O)(O)OCC[N+](C)(C)C)C(O)/C=C/CC/C=C/CC/C=C/CCCCCCCCCCCCCCCCCCCCCC. The molecule has 0 aliphatic heterocycles.